The third-order valence-corrected chi connectivity index (χ3v) is 6.86. The van der Waals surface area contributed by atoms with Crippen molar-refractivity contribution in [3.8, 4) is 0 Å². The Morgan fingerprint density at radius 2 is 1.97 bits per heavy atom. The van der Waals surface area contributed by atoms with E-state index in [0.29, 0.717) is 16.6 Å². The third kappa shape index (κ3) is 5.48. The molecule has 2 aromatic rings. The summed E-state index contributed by atoms with van der Waals surface area (Å²) in [5.41, 5.74) is 0.657. The van der Waals surface area contributed by atoms with Gasteiger partial charge in [0.2, 0.25) is 5.91 Å². The number of carbonyl (C=O) groups is 3. The third-order valence-electron chi connectivity index (χ3n) is 4.61. The maximum absolute atomic E-state index is 13.4. The number of anilines is 3. The molecule has 2 heterocycles. The first-order valence-electron chi connectivity index (χ1n) is 9.46. The van der Waals surface area contributed by atoms with Crippen molar-refractivity contribution >= 4 is 57.6 Å². The minimum atomic E-state index is -0.901. The molecule has 1 aliphatic carbocycles. The predicted molar refractivity (Wildman–Crippen MR) is 118 cm³/mol. The minimum absolute atomic E-state index is 0.0557. The number of hydrogen-bond donors (Lipinski definition) is 2. The highest BCUT2D eigenvalue weighted by molar-refractivity contribution is 8.01. The number of hydrogen-bond acceptors (Lipinski definition) is 7. The summed E-state index contributed by atoms with van der Waals surface area (Å²) in [4.78, 5) is 47.1. The van der Waals surface area contributed by atoms with Crippen LogP contribution in [-0.4, -0.2) is 51.8 Å². The Labute approximate surface area is 182 Å². The van der Waals surface area contributed by atoms with Crippen LogP contribution in [0.1, 0.15) is 32.6 Å². The van der Waals surface area contributed by atoms with Crippen LogP contribution in [-0.2, 0) is 9.59 Å². The first-order chi connectivity index (χ1) is 14.3. The van der Waals surface area contributed by atoms with Gasteiger partial charge in [-0.1, -0.05) is 24.2 Å². The molecule has 0 bridgehead atoms. The van der Waals surface area contributed by atoms with Gasteiger partial charge in [0.15, 0.2) is 5.13 Å². The first-order valence-corrected chi connectivity index (χ1v) is 11.3. The normalized spacial score (nSPS) is 13.8. The maximum Gasteiger partial charge on any atom is 0.330 e. The lowest BCUT2D eigenvalue weighted by atomic mass is 10.2. The molecule has 0 radical (unpaired) electrons. The van der Waals surface area contributed by atoms with E-state index in [2.05, 4.69) is 15.3 Å². The SMILES string of the molecule is CC(=O)Nc1ccc(N(C(=O)N(C)c2ncc(SCC(=O)O)s2)C2CCCC2)cn1. The average Bonchev–Trinajstić information content (AvgIpc) is 3.39. The average molecular weight is 450 g/mol. The van der Waals surface area contributed by atoms with Crippen LogP contribution >= 0.6 is 23.1 Å². The highest BCUT2D eigenvalue weighted by atomic mass is 32.2. The number of amides is 3. The van der Waals surface area contributed by atoms with Crippen LogP contribution < -0.4 is 15.1 Å². The van der Waals surface area contributed by atoms with Crippen molar-refractivity contribution in [1.82, 2.24) is 9.97 Å². The zero-order valence-electron chi connectivity index (χ0n) is 16.7. The standard InChI is InChI=1S/C19H23N5O4S2/c1-12(25)22-15-8-7-14(9-20-15)24(13-5-3-4-6-13)19(28)23(2)18-21-10-17(30-18)29-11-16(26)27/h7-10,13H,3-6,11H2,1-2H3,(H,26,27)(H,20,22,25). The van der Waals surface area contributed by atoms with Gasteiger partial charge >= 0.3 is 12.0 Å². The number of nitrogens with zero attached hydrogens (tertiary/aromatic N) is 4. The van der Waals surface area contributed by atoms with Gasteiger partial charge in [-0.3, -0.25) is 19.4 Å². The molecule has 0 atom stereocenters. The molecule has 11 heteroatoms. The topological polar surface area (TPSA) is 116 Å². The van der Waals surface area contributed by atoms with Crippen LogP contribution in [0.25, 0.3) is 0 Å². The molecule has 0 spiro atoms. The summed E-state index contributed by atoms with van der Waals surface area (Å²) in [7, 11) is 1.66. The molecule has 9 nitrogen and oxygen atoms in total. The molecule has 1 fully saturated rings. The van der Waals surface area contributed by atoms with Gasteiger partial charge in [-0.25, -0.2) is 14.8 Å². The molecule has 3 rings (SSSR count). The van der Waals surface area contributed by atoms with E-state index in [9.17, 15) is 14.4 Å². The fraction of sp³-hybridized carbons (Fsp3) is 0.421. The summed E-state index contributed by atoms with van der Waals surface area (Å²) in [5, 5.41) is 12.0. The molecule has 160 valence electrons. The Bertz CT molecular complexity index is 912. The molecule has 0 saturated heterocycles. The van der Waals surface area contributed by atoms with Crippen molar-refractivity contribution in [1.29, 1.82) is 0 Å². The Hall–Kier alpha value is -2.66. The van der Waals surface area contributed by atoms with E-state index < -0.39 is 5.97 Å². The summed E-state index contributed by atoms with van der Waals surface area (Å²) in [5.74, 6) is -0.737. The van der Waals surface area contributed by atoms with E-state index in [4.69, 9.17) is 5.11 Å². The number of carboxylic acid groups (broad SMARTS) is 1. The van der Waals surface area contributed by atoms with Crippen LogP contribution in [0.5, 0.6) is 0 Å². The summed E-state index contributed by atoms with van der Waals surface area (Å²) >= 11 is 2.45. The molecule has 2 N–H and O–H groups in total. The number of aromatic nitrogens is 2. The molecule has 1 aliphatic rings. The summed E-state index contributed by atoms with van der Waals surface area (Å²) in [6.45, 7) is 1.41. The van der Waals surface area contributed by atoms with Crippen LogP contribution in [0.2, 0.25) is 0 Å². The largest absolute Gasteiger partial charge is 0.481 e. The zero-order valence-corrected chi connectivity index (χ0v) is 18.3. The van der Waals surface area contributed by atoms with E-state index in [1.807, 2.05) is 0 Å². The predicted octanol–water partition coefficient (Wildman–Crippen LogP) is 3.68. The van der Waals surface area contributed by atoms with Crippen molar-refractivity contribution < 1.29 is 19.5 Å². The van der Waals surface area contributed by atoms with Crippen molar-refractivity contribution in [3.63, 3.8) is 0 Å². The van der Waals surface area contributed by atoms with E-state index >= 15 is 0 Å². The quantitative estimate of drug-likeness (QED) is 0.620. The Morgan fingerprint density at radius 3 is 2.57 bits per heavy atom. The first kappa shape index (κ1) is 22.0. The number of carbonyl (C=O) groups excluding carboxylic acids is 2. The Morgan fingerprint density at radius 1 is 1.23 bits per heavy atom. The number of rotatable bonds is 7. The molecule has 30 heavy (non-hydrogen) atoms. The summed E-state index contributed by atoms with van der Waals surface area (Å²) in [6, 6.07) is 3.29. The fourth-order valence-electron chi connectivity index (χ4n) is 3.27. The fourth-order valence-corrected chi connectivity index (χ4v) is 4.91. The molecule has 0 aromatic carbocycles. The number of pyridine rings is 1. The van der Waals surface area contributed by atoms with Gasteiger partial charge in [0.25, 0.3) is 0 Å². The Kier molecular flexibility index (Phi) is 7.27. The van der Waals surface area contributed by atoms with Gasteiger partial charge in [-0.05, 0) is 25.0 Å². The second-order valence-electron chi connectivity index (χ2n) is 6.88. The number of aliphatic carboxylic acids is 1. The molecular formula is C19H23N5O4S2. The molecular weight excluding hydrogens is 426 g/mol. The highest BCUT2D eigenvalue weighted by Crippen LogP contribution is 2.33. The molecule has 2 aromatic heterocycles. The monoisotopic (exact) mass is 449 g/mol. The smallest absolute Gasteiger partial charge is 0.330 e. The number of thiazole rings is 1. The number of carboxylic acids is 1. The Balaban J connectivity index is 1.80. The van der Waals surface area contributed by atoms with Gasteiger partial charge in [-0.15, -0.1) is 11.8 Å². The van der Waals surface area contributed by atoms with Gasteiger partial charge in [0.1, 0.15) is 5.82 Å². The van der Waals surface area contributed by atoms with Crippen molar-refractivity contribution in [2.75, 3.05) is 27.9 Å². The number of nitrogens with one attached hydrogen (secondary N) is 1. The molecule has 0 unspecified atom stereocenters. The highest BCUT2D eigenvalue weighted by Gasteiger charge is 2.31. The van der Waals surface area contributed by atoms with E-state index in [-0.39, 0.29) is 23.7 Å². The number of thioether (sulfide) groups is 1. The maximum atomic E-state index is 13.4. The number of urea groups is 1. The second-order valence-corrected chi connectivity index (χ2v) is 9.16. The summed E-state index contributed by atoms with van der Waals surface area (Å²) in [6.07, 6.45) is 7.10. The lowest BCUT2D eigenvalue weighted by Gasteiger charge is -2.32. The van der Waals surface area contributed by atoms with Gasteiger partial charge in [-0.2, -0.15) is 0 Å². The van der Waals surface area contributed by atoms with Crippen LogP contribution in [0.15, 0.2) is 28.7 Å². The van der Waals surface area contributed by atoms with Crippen molar-refractivity contribution in [2.24, 2.45) is 0 Å². The minimum Gasteiger partial charge on any atom is -0.481 e. The second kappa shape index (κ2) is 9.90. The van der Waals surface area contributed by atoms with E-state index in [1.165, 1.54) is 34.9 Å². The van der Waals surface area contributed by atoms with Crippen LogP contribution in [0.3, 0.4) is 0 Å². The lowest BCUT2D eigenvalue weighted by molar-refractivity contribution is -0.133. The van der Waals surface area contributed by atoms with Gasteiger partial charge < -0.3 is 10.4 Å². The molecule has 3 amide bonds. The van der Waals surface area contributed by atoms with Crippen molar-refractivity contribution in [2.45, 2.75) is 42.9 Å². The van der Waals surface area contributed by atoms with Crippen molar-refractivity contribution in [3.05, 3.63) is 24.5 Å². The van der Waals surface area contributed by atoms with Gasteiger partial charge in [0.05, 0.1) is 28.0 Å². The molecule has 1 saturated carbocycles. The van der Waals surface area contributed by atoms with Gasteiger partial charge in [0, 0.05) is 20.0 Å². The van der Waals surface area contributed by atoms with Crippen LogP contribution in [0.4, 0.5) is 21.4 Å². The van der Waals surface area contributed by atoms with E-state index in [1.54, 1.807) is 36.5 Å². The van der Waals surface area contributed by atoms with Crippen LogP contribution in [0, 0.1) is 0 Å². The zero-order chi connectivity index (χ0) is 21.7. The van der Waals surface area contributed by atoms with E-state index in [0.717, 1.165) is 29.9 Å². The lowest BCUT2D eigenvalue weighted by Crippen LogP contribution is -2.46. The summed E-state index contributed by atoms with van der Waals surface area (Å²) < 4.78 is 0.737. The molecule has 0 aliphatic heterocycles.